The number of hydrogen-bond donors (Lipinski definition) is 0. The zero-order valence-electron chi connectivity index (χ0n) is 14.7. The lowest BCUT2D eigenvalue weighted by molar-refractivity contribution is 0.00835. The Balaban J connectivity index is 2.24. The zero-order valence-corrected chi connectivity index (χ0v) is 14.7. The Hall–Kier alpha value is -2.40. The molecule has 0 saturated carbocycles. The molecule has 0 aliphatic carbocycles. The van der Waals surface area contributed by atoms with Gasteiger partial charge >= 0.3 is 0 Å². The molecular formula is C19H24O5. The summed E-state index contributed by atoms with van der Waals surface area (Å²) in [4.78, 5) is 0. The smallest absolute Gasteiger partial charge is 0.161 e. The monoisotopic (exact) mass is 332 g/mol. The first-order chi connectivity index (χ1) is 11.6. The Labute approximate surface area is 143 Å². The molecule has 0 N–H and O–H groups in total. The SMILES string of the molecule is COc1ccc(C(OC)C(C)Oc2ccccc2OC)cc1OC. The summed E-state index contributed by atoms with van der Waals surface area (Å²) in [5, 5.41) is 0. The molecule has 2 unspecified atom stereocenters. The van der Waals surface area contributed by atoms with Crippen LogP contribution in [0.5, 0.6) is 23.0 Å². The van der Waals surface area contributed by atoms with Crippen LogP contribution < -0.4 is 18.9 Å². The highest BCUT2D eigenvalue weighted by molar-refractivity contribution is 5.44. The summed E-state index contributed by atoms with van der Waals surface area (Å²) in [7, 11) is 6.50. The maximum Gasteiger partial charge on any atom is 0.161 e. The molecule has 0 aliphatic rings. The van der Waals surface area contributed by atoms with Gasteiger partial charge in [0.1, 0.15) is 12.2 Å². The van der Waals surface area contributed by atoms with Crippen molar-refractivity contribution in [3.8, 4) is 23.0 Å². The van der Waals surface area contributed by atoms with Crippen LogP contribution in [0, 0.1) is 0 Å². The van der Waals surface area contributed by atoms with Gasteiger partial charge in [-0.05, 0) is 36.8 Å². The Morgan fingerprint density at radius 1 is 0.708 bits per heavy atom. The van der Waals surface area contributed by atoms with E-state index in [2.05, 4.69) is 0 Å². The maximum atomic E-state index is 6.05. The minimum atomic E-state index is -0.269. The summed E-state index contributed by atoms with van der Waals surface area (Å²) >= 11 is 0. The van der Waals surface area contributed by atoms with E-state index >= 15 is 0 Å². The van der Waals surface area contributed by atoms with Crippen molar-refractivity contribution >= 4 is 0 Å². The van der Waals surface area contributed by atoms with Crippen molar-refractivity contribution in [1.29, 1.82) is 0 Å². The molecule has 0 bridgehead atoms. The largest absolute Gasteiger partial charge is 0.493 e. The summed E-state index contributed by atoms with van der Waals surface area (Å²) in [6.07, 6.45) is -0.501. The molecule has 2 aromatic carbocycles. The third-order valence-corrected chi connectivity index (χ3v) is 3.80. The molecule has 0 saturated heterocycles. The summed E-state index contributed by atoms with van der Waals surface area (Å²) in [5.41, 5.74) is 0.942. The lowest BCUT2D eigenvalue weighted by Gasteiger charge is -2.25. The predicted molar refractivity (Wildman–Crippen MR) is 92.4 cm³/mol. The highest BCUT2D eigenvalue weighted by Gasteiger charge is 2.23. The first kappa shape index (κ1) is 17.9. The number of para-hydroxylation sites is 2. The van der Waals surface area contributed by atoms with Gasteiger partial charge in [0, 0.05) is 7.11 Å². The molecule has 24 heavy (non-hydrogen) atoms. The second kappa shape index (κ2) is 8.45. The van der Waals surface area contributed by atoms with Gasteiger partial charge in [-0.15, -0.1) is 0 Å². The van der Waals surface area contributed by atoms with Crippen LogP contribution in [0.15, 0.2) is 42.5 Å². The van der Waals surface area contributed by atoms with Crippen LogP contribution in [0.25, 0.3) is 0 Å². The quantitative estimate of drug-likeness (QED) is 0.734. The Morgan fingerprint density at radius 2 is 1.29 bits per heavy atom. The van der Waals surface area contributed by atoms with Gasteiger partial charge in [-0.25, -0.2) is 0 Å². The number of ether oxygens (including phenoxy) is 5. The van der Waals surface area contributed by atoms with Crippen molar-refractivity contribution in [2.75, 3.05) is 28.4 Å². The maximum absolute atomic E-state index is 6.05. The van der Waals surface area contributed by atoms with Crippen molar-refractivity contribution in [2.24, 2.45) is 0 Å². The van der Waals surface area contributed by atoms with Crippen LogP contribution in [-0.2, 0) is 4.74 Å². The van der Waals surface area contributed by atoms with E-state index in [4.69, 9.17) is 23.7 Å². The number of rotatable bonds is 8. The molecule has 0 aromatic heterocycles. The predicted octanol–water partition coefficient (Wildman–Crippen LogP) is 3.87. The lowest BCUT2D eigenvalue weighted by atomic mass is 10.0. The van der Waals surface area contributed by atoms with Gasteiger partial charge in [-0.2, -0.15) is 0 Å². The van der Waals surface area contributed by atoms with Crippen LogP contribution >= 0.6 is 0 Å². The molecule has 0 fully saturated rings. The summed E-state index contributed by atoms with van der Waals surface area (Å²) in [6, 6.07) is 13.2. The van der Waals surface area contributed by atoms with E-state index in [9.17, 15) is 0 Å². The molecule has 5 heteroatoms. The number of benzene rings is 2. The molecule has 0 heterocycles. The second-order valence-electron chi connectivity index (χ2n) is 5.24. The van der Waals surface area contributed by atoms with Crippen LogP contribution in [0.2, 0.25) is 0 Å². The molecule has 2 atom stereocenters. The zero-order chi connectivity index (χ0) is 17.5. The minimum absolute atomic E-state index is 0.232. The van der Waals surface area contributed by atoms with Gasteiger partial charge < -0.3 is 23.7 Å². The van der Waals surface area contributed by atoms with Gasteiger partial charge in [0.15, 0.2) is 23.0 Å². The lowest BCUT2D eigenvalue weighted by Crippen LogP contribution is -2.23. The van der Waals surface area contributed by atoms with E-state index in [1.807, 2.05) is 49.4 Å². The van der Waals surface area contributed by atoms with Gasteiger partial charge in [-0.1, -0.05) is 18.2 Å². The van der Waals surface area contributed by atoms with Crippen LogP contribution in [0.4, 0.5) is 0 Å². The standard InChI is InChI=1S/C19H24O5/c1-13(24-17-9-7-6-8-15(17)20-2)19(23-5)14-10-11-16(21-3)18(12-14)22-4/h6-13,19H,1-5H3. The van der Waals surface area contributed by atoms with Crippen LogP contribution in [-0.4, -0.2) is 34.5 Å². The van der Waals surface area contributed by atoms with Crippen molar-refractivity contribution in [1.82, 2.24) is 0 Å². The van der Waals surface area contributed by atoms with E-state index in [0.717, 1.165) is 5.56 Å². The fourth-order valence-corrected chi connectivity index (χ4v) is 2.61. The van der Waals surface area contributed by atoms with E-state index in [1.54, 1.807) is 28.4 Å². The van der Waals surface area contributed by atoms with Crippen LogP contribution in [0.1, 0.15) is 18.6 Å². The molecule has 130 valence electrons. The van der Waals surface area contributed by atoms with Gasteiger partial charge in [0.2, 0.25) is 0 Å². The summed E-state index contributed by atoms with van der Waals surface area (Å²) in [6.45, 7) is 1.96. The van der Waals surface area contributed by atoms with Crippen LogP contribution in [0.3, 0.4) is 0 Å². The van der Waals surface area contributed by atoms with E-state index in [-0.39, 0.29) is 12.2 Å². The fourth-order valence-electron chi connectivity index (χ4n) is 2.61. The molecule has 0 aliphatic heterocycles. The summed E-state index contributed by atoms with van der Waals surface area (Å²) < 4.78 is 27.7. The molecule has 0 amide bonds. The molecule has 5 nitrogen and oxygen atoms in total. The van der Waals surface area contributed by atoms with E-state index in [1.165, 1.54) is 0 Å². The third-order valence-electron chi connectivity index (χ3n) is 3.80. The molecule has 0 spiro atoms. The molecule has 0 radical (unpaired) electrons. The minimum Gasteiger partial charge on any atom is -0.493 e. The normalized spacial score (nSPS) is 13.0. The van der Waals surface area contributed by atoms with Gasteiger partial charge in [-0.3, -0.25) is 0 Å². The third kappa shape index (κ3) is 3.92. The highest BCUT2D eigenvalue weighted by Crippen LogP contribution is 2.34. The first-order valence-corrected chi connectivity index (χ1v) is 7.69. The second-order valence-corrected chi connectivity index (χ2v) is 5.24. The average molecular weight is 332 g/mol. The highest BCUT2D eigenvalue weighted by atomic mass is 16.5. The van der Waals surface area contributed by atoms with E-state index < -0.39 is 0 Å². The molecule has 2 rings (SSSR count). The fraction of sp³-hybridized carbons (Fsp3) is 0.368. The Bertz CT molecular complexity index is 656. The molecular weight excluding hydrogens is 308 g/mol. The van der Waals surface area contributed by atoms with Crippen molar-refractivity contribution in [3.63, 3.8) is 0 Å². The number of methoxy groups -OCH3 is 4. The van der Waals surface area contributed by atoms with Gasteiger partial charge in [0.05, 0.1) is 21.3 Å². The van der Waals surface area contributed by atoms with Crippen molar-refractivity contribution in [2.45, 2.75) is 19.1 Å². The Kier molecular flexibility index (Phi) is 6.32. The van der Waals surface area contributed by atoms with Crippen molar-refractivity contribution in [3.05, 3.63) is 48.0 Å². The number of hydrogen-bond acceptors (Lipinski definition) is 5. The topological polar surface area (TPSA) is 46.2 Å². The van der Waals surface area contributed by atoms with E-state index in [0.29, 0.717) is 23.0 Å². The molecule has 2 aromatic rings. The summed E-state index contributed by atoms with van der Waals surface area (Å²) in [5.74, 6) is 2.69. The van der Waals surface area contributed by atoms with Crippen molar-refractivity contribution < 1.29 is 23.7 Å². The van der Waals surface area contributed by atoms with Gasteiger partial charge in [0.25, 0.3) is 0 Å². The Morgan fingerprint density at radius 3 is 1.88 bits per heavy atom. The average Bonchev–Trinajstić information content (AvgIpc) is 2.62. The first-order valence-electron chi connectivity index (χ1n) is 7.69.